The van der Waals surface area contributed by atoms with Crippen LogP contribution in [0.1, 0.15) is 43.3 Å². The van der Waals surface area contributed by atoms with Crippen molar-refractivity contribution in [3.05, 3.63) is 46.5 Å². The summed E-state index contributed by atoms with van der Waals surface area (Å²) < 4.78 is 15.5. The number of hydrogen-bond donors (Lipinski definition) is 1. The van der Waals surface area contributed by atoms with Gasteiger partial charge >= 0.3 is 0 Å². The fourth-order valence-electron chi connectivity index (χ4n) is 2.22. The van der Waals surface area contributed by atoms with Crippen molar-refractivity contribution in [2.24, 2.45) is 0 Å². The van der Waals surface area contributed by atoms with Crippen LogP contribution in [0.4, 0.5) is 4.39 Å². The Labute approximate surface area is 126 Å². The predicted molar refractivity (Wildman–Crippen MR) is 84.3 cm³/mol. The molecule has 0 saturated carbocycles. The van der Waals surface area contributed by atoms with Gasteiger partial charge in [0.25, 0.3) is 0 Å². The van der Waals surface area contributed by atoms with Crippen LogP contribution in [0.3, 0.4) is 0 Å². The van der Waals surface area contributed by atoms with Gasteiger partial charge in [0.2, 0.25) is 0 Å². The third kappa shape index (κ3) is 3.50. The molecule has 0 amide bonds. The standard InChI is InChI=1S/C17H24FN3/c1-11-12(2)20-21(13(11)3)16-8-7-15(18)9-14(16)10-19-17(4,5)6/h7-9,19H,10H2,1-6H3. The molecule has 0 spiro atoms. The van der Waals surface area contributed by atoms with Gasteiger partial charge in [0, 0.05) is 17.8 Å². The van der Waals surface area contributed by atoms with Crippen LogP contribution in [-0.4, -0.2) is 15.3 Å². The summed E-state index contributed by atoms with van der Waals surface area (Å²) in [5, 5.41) is 7.99. The maximum absolute atomic E-state index is 13.6. The van der Waals surface area contributed by atoms with Gasteiger partial charge in [-0.2, -0.15) is 5.10 Å². The van der Waals surface area contributed by atoms with E-state index < -0.39 is 0 Å². The molecule has 0 radical (unpaired) electrons. The molecule has 1 aromatic carbocycles. The zero-order valence-corrected chi connectivity index (χ0v) is 13.7. The number of benzene rings is 1. The first kappa shape index (κ1) is 15.7. The molecular formula is C17H24FN3. The lowest BCUT2D eigenvalue weighted by Gasteiger charge is -2.22. The van der Waals surface area contributed by atoms with E-state index in [1.807, 2.05) is 18.5 Å². The summed E-state index contributed by atoms with van der Waals surface area (Å²) in [7, 11) is 0. The van der Waals surface area contributed by atoms with E-state index in [4.69, 9.17) is 0 Å². The van der Waals surface area contributed by atoms with Crippen molar-refractivity contribution in [1.29, 1.82) is 0 Å². The molecule has 0 atom stereocenters. The summed E-state index contributed by atoms with van der Waals surface area (Å²) in [5.74, 6) is -0.220. The van der Waals surface area contributed by atoms with Crippen LogP contribution in [0, 0.1) is 26.6 Å². The van der Waals surface area contributed by atoms with Crippen molar-refractivity contribution < 1.29 is 4.39 Å². The van der Waals surface area contributed by atoms with E-state index in [9.17, 15) is 4.39 Å². The zero-order chi connectivity index (χ0) is 15.8. The van der Waals surface area contributed by atoms with Crippen molar-refractivity contribution >= 4 is 0 Å². The Kier molecular flexibility index (Phi) is 4.19. The van der Waals surface area contributed by atoms with E-state index in [0.29, 0.717) is 6.54 Å². The Morgan fingerprint density at radius 1 is 1.19 bits per heavy atom. The second kappa shape index (κ2) is 5.60. The summed E-state index contributed by atoms with van der Waals surface area (Å²) in [6, 6.07) is 4.87. The molecule has 2 rings (SSSR count). The minimum Gasteiger partial charge on any atom is -0.308 e. The topological polar surface area (TPSA) is 29.9 Å². The molecule has 21 heavy (non-hydrogen) atoms. The number of hydrogen-bond acceptors (Lipinski definition) is 2. The lowest BCUT2D eigenvalue weighted by molar-refractivity contribution is 0.423. The molecule has 1 N–H and O–H groups in total. The molecule has 114 valence electrons. The molecule has 0 aliphatic heterocycles. The molecule has 1 heterocycles. The number of nitrogens with one attached hydrogen (secondary N) is 1. The molecular weight excluding hydrogens is 265 g/mol. The van der Waals surface area contributed by atoms with Gasteiger partial charge in [-0.3, -0.25) is 0 Å². The first-order chi connectivity index (χ1) is 9.69. The normalized spacial score (nSPS) is 12.0. The van der Waals surface area contributed by atoms with Crippen LogP contribution in [0.2, 0.25) is 0 Å². The first-order valence-corrected chi connectivity index (χ1v) is 7.25. The highest BCUT2D eigenvalue weighted by atomic mass is 19.1. The van der Waals surface area contributed by atoms with Crippen molar-refractivity contribution in [2.45, 2.75) is 53.6 Å². The SMILES string of the molecule is Cc1nn(-c2ccc(F)cc2CNC(C)(C)C)c(C)c1C. The molecule has 0 fully saturated rings. The van der Waals surface area contributed by atoms with Gasteiger partial charge in [-0.1, -0.05) is 0 Å². The average molecular weight is 289 g/mol. The van der Waals surface area contributed by atoms with Gasteiger partial charge in [-0.25, -0.2) is 9.07 Å². The van der Waals surface area contributed by atoms with Crippen LogP contribution in [-0.2, 0) is 6.54 Å². The van der Waals surface area contributed by atoms with Gasteiger partial charge in [0.05, 0.1) is 11.4 Å². The van der Waals surface area contributed by atoms with Crippen molar-refractivity contribution in [1.82, 2.24) is 15.1 Å². The minimum atomic E-state index is -0.220. The van der Waals surface area contributed by atoms with Gasteiger partial charge in [0.1, 0.15) is 5.82 Å². The largest absolute Gasteiger partial charge is 0.308 e. The average Bonchev–Trinajstić information content (AvgIpc) is 2.63. The maximum Gasteiger partial charge on any atom is 0.123 e. The van der Waals surface area contributed by atoms with E-state index in [1.54, 1.807) is 12.1 Å². The van der Waals surface area contributed by atoms with E-state index in [2.05, 4.69) is 38.1 Å². The molecule has 0 aliphatic carbocycles. The van der Waals surface area contributed by atoms with E-state index in [0.717, 1.165) is 22.6 Å². The quantitative estimate of drug-likeness (QED) is 0.930. The number of rotatable bonds is 3. The highest BCUT2D eigenvalue weighted by molar-refractivity contribution is 5.43. The highest BCUT2D eigenvalue weighted by Gasteiger charge is 2.15. The molecule has 0 saturated heterocycles. The Morgan fingerprint density at radius 3 is 2.38 bits per heavy atom. The van der Waals surface area contributed by atoms with Crippen LogP contribution in [0.15, 0.2) is 18.2 Å². The Hall–Kier alpha value is -1.68. The number of aryl methyl sites for hydroxylation is 1. The lowest BCUT2D eigenvalue weighted by atomic mass is 10.1. The summed E-state index contributed by atoms with van der Waals surface area (Å²) in [5.41, 5.74) is 5.10. The highest BCUT2D eigenvalue weighted by Crippen LogP contribution is 2.21. The van der Waals surface area contributed by atoms with Crippen LogP contribution in [0.25, 0.3) is 5.69 Å². The number of aromatic nitrogens is 2. The van der Waals surface area contributed by atoms with Crippen molar-refractivity contribution in [3.63, 3.8) is 0 Å². The Balaban J connectivity index is 2.46. The van der Waals surface area contributed by atoms with E-state index in [-0.39, 0.29) is 11.4 Å². The smallest absolute Gasteiger partial charge is 0.123 e. The monoisotopic (exact) mass is 289 g/mol. The van der Waals surface area contributed by atoms with Crippen LogP contribution >= 0.6 is 0 Å². The van der Waals surface area contributed by atoms with Crippen LogP contribution < -0.4 is 5.32 Å². The first-order valence-electron chi connectivity index (χ1n) is 7.25. The number of halogens is 1. The predicted octanol–water partition coefficient (Wildman–Crippen LogP) is 3.82. The minimum absolute atomic E-state index is 0.0193. The summed E-state index contributed by atoms with van der Waals surface area (Å²) in [4.78, 5) is 0. The fourth-order valence-corrected chi connectivity index (χ4v) is 2.22. The summed E-state index contributed by atoms with van der Waals surface area (Å²) in [6.07, 6.45) is 0. The molecule has 0 unspecified atom stereocenters. The number of nitrogens with zero attached hydrogens (tertiary/aromatic N) is 2. The van der Waals surface area contributed by atoms with Crippen molar-refractivity contribution in [2.75, 3.05) is 0 Å². The third-order valence-corrected chi connectivity index (χ3v) is 3.73. The fraction of sp³-hybridized carbons (Fsp3) is 0.471. The Morgan fingerprint density at radius 2 is 1.86 bits per heavy atom. The maximum atomic E-state index is 13.6. The molecule has 2 aromatic rings. The van der Waals surface area contributed by atoms with E-state index >= 15 is 0 Å². The van der Waals surface area contributed by atoms with E-state index in [1.165, 1.54) is 11.6 Å². The molecule has 0 aliphatic rings. The molecule has 0 bridgehead atoms. The second-order valence-corrected chi connectivity index (χ2v) is 6.58. The van der Waals surface area contributed by atoms with Crippen molar-refractivity contribution in [3.8, 4) is 5.69 Å². The summed E-state index contributed by atoms with van der Waals surface area (Å²) >= 11 is 0. The van der Waals surface area contributed by atoms with Gasteiger partial charge in [0.15, 0.2) is 0 Å². The van der Waals surface area contributed by atoms with Gasteiger partial charge < -0.3 is 5.32 Å². The van der Waals surface area contributed by atoms with Crippen LogP contribution in [0.5, 0.6) is 0 Å². The molecule has 4 heteroatoms. The second-order valence-electron chi connectivity index (χ2n) is 6.58. The molecule has 3 nitrogen and oxygen atoms in total. The lowest BCUT2D eigenvalue weighted by Crippen LogP contribution is -2.35. The molecule has 1 aromatic heterocycles. The summed E-state index contributed by atoms with van der Waals surface area (Å²) in [6.45, 7) is 13.0. The van der Waals surface area contributed by atoms with Gasteiger partial charge in [-0.05, 0) is 70.9 Å². The third-order valence-electron chi connectivity index (χ3n) is 3.73. The van der Waals surface area contributed by atoms with Gasteiger partial charge in [-0.15, -0.1) is 0 Å². The Bertz CT molecular complexity index is 651. The zero-order valence-electron chi connectivity index (χ0n) is 13.7.